The summed E-state index contributed by atoms with van der Waals surface area (Å²) in [5.41, 5.74) is 0. The van der Waals surface area contributed by atoms with Crippen LogP contribution in [0.15, 0.2) is 15.9 Å². The minimum Gasteiger partial charge on any atom is -0.311 e. The van der Waals surface area contributed by atoms with Crippen LogP contribution in [0.25, 0.3) is 0 Å². The first kappa shape index (κ1) is 14.4. The van der Waals surface area contributed by atoms with E-state index in [1.54, 1.807) is 11.3 Å². The summed E-state index contributed by atoms with van der Waals surface area (Å²) in [7, 11) is -0.758. The van der Waals surface area contributed by atoms with Gasteiger partial charge in [-0.15, -0.1) is 11.3 Å². The maximum atomic E-state index is 11.7. The highest BCUT2D eigenvalue weighted by molar-refractivity contribution is 9.11. The van der Waals surface area contributed by atoms with Crippen molar-refractivity contribution in [3.63, 3.8) is 0 Å². The Morgan fingerprint density at radius 2 is 2.12 bits per heavy atom. The summed E-state index contributed by atoms with van der Waals surface area (Å²) in [6.07, 6.45) is 0. The molecule has 0 aromatic carbocycles. The van der Waals surface area contributed by atoms with E-state index in [0.29, 0.717) is 0 Å². The number of thiophene rings is 1. The molecule has 0 saturated heterocycles. The predicted molar refractivity (Wildman–Crippen MR) is 76.5 cm³/mol. The second-order valence-corrected chi connectivity index (χ2v) is 9.42. The Balaban J connectivity index is 2.20. The molecule has 92 valence electrons. The zero-order chi connectivity index (χ0) is 12.2. The summed E-state index contributed by atoms with van der Waals surface area (Å²) in [4.78, 5) is 1.30. The summed E-state index contributed by atoms with van der Waals surface area (Å²) in [6.45, 7) is 7.70. The molecule has 0 saturated carbocycles. The highest BCUT2D eigenvalue weighted by Crippen LogP contribution is 2.21. The van der Waals surface area contributed by atoms with Crippen molar-refractivity contribution in [3.8, 4) is 0 Å². The third-order valence-electron chi connectivity index (χ3n) is 2.08. The van der Waals surface area contributed by atoms with Crippen LogP contribution in [0.2, 0.25) is 0 Å². The molecule has 1 heterocycles. The normalized spacial score (nSPS) is 14.0. The highest BCUT2D eigenvalue weighted by atomic mass is 79.9. The summed E-state index contributed by atoms with van der Waals surface area (Å²) in [5.74, 6) is 0.718. The monoisotopic (exact) mass is 323 g/mol. The number of nitrogens with one attached hydrogen (secondary N) is 1. The molecule has 1 aromatic heterocycles. The lowest BCUT2D eigenvalue weighted by molar-refractivity contribution is 0.641. The molecule has 1 aromatic rings. The summed E-state index contributed by atoms with van der Waals surface area (Å²) in [6, 6.07) is 4.15. The lowest BCUT2D eigenvalue weighted by Crippen LogP contribution is -2.29. The molecule has 1 atom stereocenters. The molecule has 5 heteroatoms. The second kappa shape index (κ2) is 6.28. The van der Waals surface area contributed by atoms with Crippen LogP contribution in [-0.4, -0.2) is 21.3 Å². The van der Waals surface area contributed by atoms with Crippen molar-refractivity contribution in [3.05, 3.63) is 20.8 Å². The van der Waals surface area contributed by atoms with E-state index in [2.05, 4.69) is 33.4 Å². The maximum absolute atomic E-state index is 11.7. The molecule has 0 aliphatic heterocycles. The summed E-state index contributed by atoms with van der Waals surface area (Å²) >= 11 is 5.16. The first-order chi connectivity index (χ1) is 7.39. The van der Waals surface area contributed by atoms with Crippen LogP contribution in [-0.2, 0) is 17.3 Å². The zero-order valence-electron chi connectivity index (χ0n) is 9.88. The molecular weight excluding hydrogens is 306 g/mol. The van der Waals surface area contributed by atoms with Crippen LogP contribution >= 0.6 is 27.3 Å². The van der Waals surface area contributed by atoms with E-state index in [4.69, 9.17) is 0 Å². The van der Waals surface area contributed by atoms with Crippen LogP contribution in [0.3, 0.4) is 0 Å². The molecule has 0 aliphatic rings. The average molecular weight is 324 g/mol. The van der Waals surface area contributed by atoms with Crippen molar-refractivity contribution in [1.29, 1.82) is 0 Å². The van der Waals surface area contributed by atoms with Gasteiger partial charge >= 0.3 is 0 Å². The van der Waals surface area contributed by atoms with Gasteiger partial charge in [-0.2, -0.15) is 0 Å². The lowest BCUT2D eigenvalue weighted by Gasteiger charge is -2.17. The van der Waals surface area contributed by atoms with Crippen molar-refractivity contribution >= 4 is 38.1 Å². The topological polar surface area (TPSA) is 29.1 Å². The molecule has 0 aliphatic carbocycles. The number of hydrogen-bond donors (Lipinski definition) is 1. The molecule has 0 spiro atoms. The molecular formula is C11H18BrNOS2. The fourth-order valence-corrected chi connectivity index (χ4v) is 3.52. The molecule has 2 nitrogen and oxygen atoms in total. The van der Waals surface area contributed by atoms with E-state index >= 15 is 0 Å². The summed E-state index contributed by atoms with van der Waals surface area (Å²) in [5, 5.41) is 3.31. The Kier molecular flexibility index (Phi) is 5.64. The predicted octanol–water partition coefficient (Wildman–Crippen LogP) is 3.15. The molecule has 1 unspecified atom stereocenters. The van der Waals surface area contributed by atoms with E-state index in [1.165, 1.54) is 4.88 Å². The SMILES string of the molecule is CC(C)(C)S(=O)CCNCc1ccc(Br)s1. The van der Waals surface area contributed by atoms with Gasteiger partial charge in [-0.05, 0) is 48.8 Å². The molecule has 0 radical (unpaired) electrons. The van der Waals surface area contributed by atoms with Crippen LogP contribution in [0.5, 0.6) is 0 Å². The Bertz CT molecular complexity index is 357. The Labute approximate surface area is 112 Å². The third-order valence-corrected chi connectivity index (χ3v) is 5.64. The maximum Gasteiger partial charge on any atom is 0.0701 e. The van der Waals surface area contributed by atoms with E-state index in [1.807, 2.05) is 20.8 Å². The quantitative estimate of drug-likeness (QED) is 0.843. The highest BCUT2D eigenvalue weighted by Gasteiger charge is 2.18. The minimum absolute atomic E-state index is 0.104. The van der Waals surface area contributed by atoms with Crippen LogP contribution in [0, 0.1) is 0 Å². The van der Waals surface area contributed by atoms with Gasteiger partial charge in [0, 0.05) is 39.3 Å². The van der Waals surface area contributed by atoms with Gasteiger partial charge in [-0.1, -0.05) is 0 Å². The zero-order valence-corrected chi connectivity index (χ0v) is 13.1. The van der Waals surface area contributed by atoms with Gasteiger partial charge in [0.15, 0.2) is 0 Å². The fraction of sp³-hybridized carbons (Fsp3) is 0.636. The van der Waals surface area contributed by atoms with Gasteiger partial charge in [0.1, 0.15) is 0 Å². The van der Waals surface area contributed by atoms with Crippen molar-refractivity contribution in [1.82, 2.24) is 5.32 Å². The molecule has 1 N–H and O–H groups in total. The second-order valence-electron chi connectivity index (χ2n) is 4.54. The molecule has 0 fully saturated rings. The van der Waals surface area contributed by atoms with E-state index in [-0.39, 0.29) is 4.75 Å². The number of hydrogen-bond acceptors (Lipinski definition) is 3. The Hall–Kier alpha value is 0.290. The van der Waals surface area contributed by atoms with Gasteiger partial charge < -0.3 is 5.32 Å². The number of rotatable bonds is 5. The first-order valence-corrected chi connectivity index (χ1v) is 8.16. The van der Waals surface area contributed by atoms with Gasteiger partial charge in [0.05, 0.1) is 3.79 Å². The lowest BCUT2D eigenvalue weighted by atomic mass is 10.3. The first-order valence-electron chi connectivity index (χ1n) is 5.23. The fourth-order valence-electron chi connectivity index (χ4n) is 1.13. The molecule has 0 bridgehead atoms. The van der Waals surface area contributed by atoms with Gasteiger partial charge in [0.2, 0.25) is 0 Å². The standard InChI is InChI=1S/C11H18BrNOS2/c1-11(2,3)16(14)7-6-13-8-9-4-5-10(12)15-9/h4-5,13H,6-8H2,1-3H3. The molecule has 16 heavy (non-hydrogen) atoms. The van der Waals surface area contributed by atoms with Crippen molar-refractivity contribution < 1.29 is 4.21 Å². The third kappa shape index (κ3) is 5.08. The van der Waals surface area contributed by atoms with Crippen molar-refractivity contribution in [2.75, 3.05) is 12.3 Å². The number of halogens is 1. The van der Waals surface area contributed by atoms with E-state index in [9.17, 15) is 4.21 Å². The van der Waals surface area contributed by atoms with Crippen LogP contribution in [0.4, 0.5) is 0 Å². The van der Waals surface area contributed by atoms with Gasteiger partial charge in [-0.25, -0.2) is 0 Å². The van der Waals surface area contributed by atoms with Gasteiger partial charge in [0.25, 0.3) is 0 Å². The summed E-state index contributed by atoms with van der Waals surface area (Å²) < 4.78 is 12.8. The van der Waals surface area contributed by atoms with Gasteiger partial charge in [-0.3, -0.25) is 4.21 Å². The molecule has 0 amide bonds. The van der Waals surface area contributed by atoms with Crippen molar-refractivity contribution in [2.24, 2.45) is 0 Å². The van der Waals surface area contributed by atoms with E-state index in [0.717, 1.165) is 22.6 Å². The minimum atomic E-state index is -0.758. The van der Waals surface area contributed by atoms with Crippen LogP contribution < -0.4 is 5.32 Å². The molecule has 1 rings (SSSR count). The Morgan fingerprint density at radius 3 is 2.62 bits per heavy atom. The van der Waals surface area contributed by atoms with E-state index < -0.39 is 10.8 Å². The average Bonchev–Trinajstić information content (AvgIpc) is 2.57. The van der Waals surface area contributed by atoms with Crippen molar-refractivity contribution in [2.45, 2.75) is 32.1 Å². The largest absolute Gasteiger partial charge is 0.311 e. The van der Waals surface area contributed by atoms with Crippen LogP contribution in [0.1, 0.15) is 25.6 Å². The Morgan fingerprint density at radius 1 is 1.44 bits per heavy atom. The smallest absolute Gasteiger partial charge is 0.0701 e.